The maximum Gasteiger partial charge on any atom is 0.282 e. The van der Waals surface area contributed by atoms with Gasteiger partial charge >= 0.3 is 0 Å². The first-order valence-corrected chi connectivity index (χ1v) is 10.4. The van der Waals surface area contributed by atoms with Crippen LogP contribution in [0.2, 0.25) is 0 Å². The van der Waals surface area contributed by atoms with Gasteiger partial charge in [-0.05, 0) is 55.3 Å². The third-order valence-electron chi connectivity index (χ3n) is 5.09. The minimum absolute atomic E-state index is 0.144. The number of carbonyl (C=O) groups excluding carboxylic acids is 2. The number of hydrogen-bond donors (Lipinski definition) is 1. The summed E-state index contributed by atoms with van der Waals surface area (Å²) >= 11 is 0. The Morgan fingerprint density at radius 1 is 0.938 bits per heavy atom. The van der Waals surface area contributed by atoms with Crippen LogP contribution in [0.25, 0.3) is 5.57 Å². The number of anilines is 2. The van der Waals surface area contributed by atoms with Gasteiger partial charge in [-0.1, -0.05) is 42.8 Å². The summed E-state index contributed by atoms with van der Waals surface area (Å²) in [5, 5.41) is 3.10. The summed E-state index contributed by atoms with van der Waals surface area (Å²) in [5.41, 5.74) is 2.95. The minimum Gasteiger partial charge on any atom is -0.494 e. The van der Waals surface area contributed by atoms with Gasteiger partial charge in [0.2, 0.25) is 0 Å². The molecule has 0 atom stereocenters. The number of hydrogen-bond acceptors (Lipinski definition) is 4. The molecule has 3 aromatic carbocycles. The maximum atomic E-state index is 13.5. The second-order valence-electron chi connectivity index (χ2n) is 7.54. The first-order valence-electron chi connectivity index (χ1n) is 10.4. The van der Waals surface area contributed by atoms with Crippen molar-refractivity contribution >= 4 is 28.8 Å². The molecule has 6 heteroatoms. The molecular weight excluding hydrogens is 407 g/mol. The Morgan fingerprint density at radius 3 is 2.34 bits per heavy atom. The van der Waals surface area contributed by atoms with Crippen LogP contribution < -0.4 is 15.0 Å². The Balaban J connectivity index is 1.76. The highest BCUT2D eigenvalue weighted by Gasteiger charge is 2.40. The molecule has 1 aliphatic rings. The molecule has 1 aliphatic heterocycles. The number of rotatable bonds is 7. The lowest BCUT2D eigenvalue weighted by Gasteiger charge is -2.16. The van der Waals surface area contributed by atoms with Gasteiger partial charge in [0.25, 0.3) is 11.8 Å². The standard InChI is InChI=1S/C26H23FN2O3/c1-3-15-32-22-6-4-5-21(16-22)29-25(30)23(18-9-11-19(27)12-10-18)24(26(29)31)28-20-13-7-17(2)8-14-20/h4-14,16,28H,3,15H2,1-2H3. The molecule has 0 unspecified atom stereocenters. The number of aryl methyl sites for hydroxylation is 1. The van der Waals surface area contributed by atoms with Crippen LogP contribution in [0, 0.1) is 12.7 Å². The molecule has 0 saturated carbocycles. The Kier molecular flexibility index (Phi) is 6.03. The van der Waals surface area contributed by atoms with Gasteiger partial charge in [-0.2, -0.15) is 0 Å². The van der Waals surface area contributed by atoms with Crippen molar-refractivity contribution in [2.75, 3.05) is 16.8 Å². The van der Waals surface area contributed by atoms with Crippen LogP contribution in [-0.2, 0) is 9.59 Å². The molecule has 1 heterocycles. The predicted molar refractivity (Wildman–Crippen MR) is 123 cm³/mol. The van der Waals surface area contributed by atoms with E-state index in [0.29, 0.717) is 29.3 Å². The van der Waals surface area contributed by atoms with Crippen molar-refractivity contribution in [3.8, 4) is 5.75 Å². The summed E-state index contributed by atoms with van der Waals surface area (Å²) in [7, 11) is 0. The summed E-state index contributed by atoms with van der Waals surface area (Å²) in [4.78, 5) is 28.0. The van der Waals surface area contributed by atoms with E-state index in [-0.39, 0.29) is 11.3 Å². The Morgan fingerprint density at radius 2 is 1.66 bits per heavy atom. The van der Waals surface area contributed by atoms with E-state index in [1.807, 2.05) is 38.1 Å². The van der Waals surface area contributed by atoms with Crippen LogP contribution in [0.3, 0.4) is 0 Å². The molecule has 0 radical (unpaired) electrons. The number of carbonyl (C=O) groups is 2. The van der Waals surface area contributed by atoms with Crippen LogP contribution in [-0.4, -0.2) is 18.4 Å². The van der Waals surface area contributed by atoms with Gasteiger partial charge in [0.05, 0.1) is 17.9 Å². The van der Waals surface area contributed by atoms with Crippen molar-refractivity contribution in [1.29, 1.82) is 0 Å². The van der Waals surface area contributed by atoms with Crippen molar-refractivity contribution in [2.45, 2.75) is 20.3 Å². The van der Waals surface area contributed by atoms with E-state index in [1.165, 1.54) is 24.3 Å². The highest BCUT2D eigenvalue weighted by atomic mass is 19.1. The van der Waals surface area contributed by atoms with E-state index in [2.05, 4.69) is 5.32 Å². The van der Waals surface area contributed by atoms with Gasteiger partial charge in [0.15, 0.2) is 0 Å². The summed E-state index contributed by atoms with van der Waals surface area (Å²) in [6, 6.07) is 19.9. The Bertz CT molecular complexity index is 1180. The third-order valence-corrected chi connectivity index (χ3v) is 5.09. The predicted octanol–water partition coefficient (Wildman–Crippen LogP) is 5.32. The molecule has 0 saturated heterocycles. The van der Waals surface area contributed by atoms with Crippen LogP contribution in [0.1, 0.15) is 24.5 Å². The van der Waals surface area contributed by atoms with Crippen molar-refractivity contribution in [1.82, 2.24) is 0 Å². The molecule has 0 aromatic heterocycles. The lowest BCUT2D eigenvalue weighted by Crippen LogP contribution is -2.32. The first kappa shape index (κ1) is 21.3. The summed E-state index contributed by atoms with van der Waals surface area (Å²) in [6.07, 6.45) is 0.840. The topological polar surface area (TPSA) is 58.6 Å². The Hall–Kier alpha value is -3.93. The zero-order valence-electron chi connectivity index (χ0n) is 17.9. The number of halogens is 1. The second-order valence-corrected chi connectivity index (χ2v) is 7.54. The van der Waals surface area contributed by atoms with Crippen molar-refractivity contribution in [3.63, 3.8) is 0 Å². The number of nitrogens with zero attached hydrogens (tertiary/aromatic N) is 1. The lowest BCUT2D eigenvalue weighted by molar-refractivity contribution is -0.120. The van der Waals surface area contributed by atoms with E-state index in [0.717, 1.165) is 16.9 Å². The van der Waals surface area contributed by atoms with Crippen LogP contribution >= 0.6 is 0 Å². The molecule has 5 nitrogen and oxygen atoms in total. The quantitative estimate of drug-likeness (QED) is 0.516. The summed E-state index contributed by atoms with van der Waals surface area (Å²) in [6.45, 7) is 4.50. The molecule has 162 valence electrons. The normalized spacial score (nSPS) is 13.7. The zero-order chi connectivity index (χ0) is 22.7. The van der Waals surface area contributed by atoms with Gasteiger partial charge in [-0.25, -0.2) is 9.29 Å². The van der Waals surface area contributed by atoms with E-state index < -0.39 is 17.6 Å². The van der Waals surface area contributed by atoms with E-state index in [1.54, 1.807) is 24.3 Å². The number of imide groups is 1. The molecule has 1 N–H and O–H groups in total. The van der Waals surface area contributed by atoms with E-state index >= 15 is 0 Å². The molecule has 4 rings (SSSR count). The smallest absolute Gasteiger partial charge is 0.282 e. The van der Waals surface area contributed by atoms with E-state index in [9.17, 15) is 14.0 Å². The van der Waals surface area contributed by atoms with Crippen LogP contribution in [0.15, 0.2) is 78.5 Å². The van der Waals surface area contributed by atoms with Crippen molar-refractivity contribution in [3.05, 3.63) is 95.4 Å². The van der Waals surface area contributed by atoms with Gasteiger partial charge in [-0.15, -0.1) is 0 Å². The van der Waals surface area contributed by atoms with Gasteiger partial charge < -0.3 is 10.1 Å². The number of nitrogens with one attached hydrogen (secondary N) is 1. The van der Waals surface area contributed by atoms with Crippen LogP contribution in [0.5, 0.6) is 5.75 Å². The molecule has 32 heavy (non-hydrogen) atoms. The number of amides is 2. The largest absolute Gasteiger partial charge is 0.494 e. The lowest BCUT2D eigenvalue weighted by atomic mass is 10.0. The highest BCUT2D eigenvalue weighted by Crippen LogP contribution is 2.35. The molecule has 0 aliphatic carbocycles. The first-order chi connectivity index (χ1) is 15.5. The molecule has 3 aromatic rings. The van der Waals surface area contributed by atoms with Crippen molar-refractivity contribution in [2.24, 2.45) is 0 Å². The van der Waals surface area contributed by atoms with Gasteiger partial charge in [0.1, 0.15) is 17.3 Å². The monoisotopic (exact) mass is 430 g/mol. The molecule has 0 spiro atoms. The zero-order valence-corrected chi connectivity index (χ0v) is 17.9. The van der Waals surface area contributed by atoms with Crippen molar-refractivity contribution < 1.29 is 18.7 Å². The molecule has 2 amide bonds. The fourth-order valence-corrected chi connectivity index (χ4v) is 3.48. The van der Waals surface area contributed by atoms with Gasteiger partial charge in [0, 0.05) is 11.8 Å². The number of ether oxygens (including phenoxy) is 1. The fourth-order valence-electron chi connectivity index (χ4n) is 3.48. The molecule has 0 bridgehead atoms. The number of benzene rings is 3. The highest BCUT2D eigenvalue weighted by molar-refractivity contribution is 6.46. The maximum absolute atomic E-state index is 13.5. The minimum atomic E-state index is -0.484. The average molecular weight is 430 g/mol. The summed E-state index contributed by atoms with van der Waals surface area (Å²) in [5.74, 6) is -0.809. The third kappa shape index (κ3) is 4.25. The Labute approximate surface area is 186 Å². The van der Waals surface area contributed by atoms with Gasteiger partial charge in [-0.3, -0.25) is 9.59 Å². The second kappa shape index (κ2) is 9.06. The average Bonchev–Trinajstić information content (AvgIpc) is 3.04. The molecular formula is C26H23FN2O3. The summed E-state index contributed by atoms with van der Waals surface area (Å²) < 4.78 is 19.2. The van der Waals surface area contributed by atoms with E-state index in [4.69, 9.17) is 4.74 Å². The molecule has 0 fully saturated rings. The fraction of sp³-hybridized carbons (Fsp3) is 0.154. The van der Waals surface area contributed by atoms with Crippen LogP contribution in [0.4, 0.5) is 15.8 Å². The SMILES string of the molecule is CCCOc1cccc(N2C(=O)C(Nc3ccc(C)cc3)=C(c3ccc(F)cc3)C2=O)c1.